The summed E-state index contributed by atoms with van der Waals surface area (Å²) in [6.45, 7) is 3.05. The van der Waals surface area contributed by atoms with Crippen molar-refractivity contribution in [1.29, 1.82) is 0 Å². The molecule has 2 aliphatic heterocycles. The molecule has 2 aromatic rings. The fraction of sp³-hybridized carbons (Fsp3) is 0.526. The third kappa shape index (κ3) is 4.19. The van der Waals surface area contributed by atoms with Crippen LogP contribution in [0, 0.1) is 5.92 Å². The maximum atomic E-state index is 12.8. The van der Waals surface area contributed by atoms with Gasteiger partial charge in [0.2, 0.25) is 5.91 Å². The summed E-state index contributed by atoms with van der Waals surface area (Å²) in [5.41, 5.74) is 1.21. The van der Waals surface area contributed by atoms with Crippen LogP contribution in [0.3, 0.4) is 0 Å². The molecule has 0 unspecified atom stereocenters. The summed E-state index contributed by atoms with van der Waals surface area (Å²) in [6, 6.07) is 1.68. The number of carbonyl (C=O) groups is 2. The van der Waals surface area contributed by atoms with Crippen molar-refractivity contribution < 1.29 is 14.3 Å². The third-order valence-electron chi connectivity index (χ3n) is 5.30. The van der Waals surface area contributed by atoms with Crippen LogP contribution in [0.4, 0.5) is 0 Å². The summed E-state index contributed by atoms with van der Waals surface area (Å²) in [4.78, 5) is 35.1. The number of rotatable bonds is 5. The Morgan fingerprint density at radius 2 is 2.07 bits per heavy atom. The van der Waals surface area contributed by atoms with Gasteiger partial charge in [-0.25, -0.2) is 4.98 Å². The molecule has 4 rings (SSSR count). The van der Waals surface area contributed by atoms with E-state index in [0.29, 0.717) is 31.2 Å². The smallest absolute Gasteiger partial charge is 0.274 e. The lowest BCUT2D eigenvalue weighted by Gasteiger charge is -2.33. The molecule has 0 saturated carbocycles. The fourth-order valence-corrected chi connectivity index (χ4v) is 3.76. The van der Waals surface area contributed by atoms with Crippen LogP contribution in [-0.4, -0.2) is 62.8 Å². The molecular weight excluding hydrogens is 360 g/mol. The predicted molar refractivity (Wildman–Crippen MR) is 99.2 cm³/mol. The van der Waals surface area contributed by atoms with E-state index in [-0.39, 0.29) is 24.3 Å². The second-order valence-electron chi connectivity index (χ2n) is 7.26. The lowest BCUT2D eigenvalue weighted by molar-refractivity contribution is -0.122. The highest BCUT2D eigenvalue weighted by Gasteiger charge is 2.31. The highest BCUT2D eigenvalue weighted by molar-refractivity contribution is 5.92. The molecule has 9 nitrogen and oxygen atoms in total. The average Bonchev–Trinajstić information content (AvgIpc) is 3.22. The van der Waals surface area contributed by atoms with E-state index in [1.807, 2.05) is 10.7 Å². The molecule has 2 amide bonds. The van der Waals surface area contributed by atoms with Crippen molar-refractivity contribution in [2.24, 2.45) is 5.92 Å². The molecule has 2 aliphatic rings. The summed E-state index contributed by atoms with van der Waals surface area (Å²) < 4.78 is 7.21. The van der Waals surface area contributed by atoms with Crippen molar-refractivity contribution >= 4 is 11.8 Å². The molecule has 1 saturated heterocycles. The van der Waals surface area contributed by atoms with E-state index < -0.39 is 0 Å². The molecule has 1 fully saturated rings. The van der Waals surface area contributed by atoms with Gasteiger partial charge >= 0.3 is 0 Å². The van der Waals surface area contributed by atoms with Gasteiger partial charge in [-0.05, 0) is 24.8 Å². The largest absolute Gasteiger partial charge is 0.381 e. The first-order valence-electron chi connectivity index (χ1n) is 9.63. The zero-order valence-corrected chi connectivity index (χ0v) is 15.7. The number of fused-ring (bicyclic) bond motifs is 1. The van der Waals surface area contributed by atoms with Crippen LogP contribution in [0.15, 0.2) is 30.9 Å². The SMILES string of the molecule is O=C(C[C@@H]1CN(C(=O)c2cnccn2)Cc2ccnn21)NCC1CCOCC1. The van der Waals surface area contributed by atoms with Crippen molar-refractivity contribution in [1.82, 2.24) is 30.0 Å². The van der Waals surface area contributed by atoms with Crippen molar-refractivity contribution in [3.8, 4) is 0 Å². The highest BCUT2D eigenvalue weighted by atomic mass is 16.5. The molecule has 2 aromatic heterocycles. The molecule has 4 heterocycles. The molecule has 28 heavy (non-hydrogen) atoms. The van der Waals surface area contributed by atoms with E-state index in [1.54, 1.807) is 11.1 Å². The average molecular weight is 384 g/mol. The summed E-state index contributed by atoms with van der Waals surface area (Å²) in [5, 5.41) is 7.40. The first-order valence-corrected chi connectivity index (χ1v) is 9.63. The van der Waals surface area contributed by atoms with Crippen molar-refractivity contribution in [3.05, 3.63) is 42.2 Å². The fourth-order valence-electron chi connectivity index (χ4n) is 3.76. The van der Waals surface area contributed by atoms with Gasteiger partial charge in [0.05, 0.1) is 30.9 Å². The minimum atomic E-state index is -0.200. The van der Waals surface area contributed by atoms with Gasteiger partial charge in [-0.1, -0.05) is 0 Å². The van der Waals surface area contributed by atoms with Crippen molar-refractivity contribution in [2.45, 2.75) is 31.8 Å². The van der Waals surface area contributed by atoms with Crippen LogP contribution in [0.5, 0.6) is 0 Å². The van der Waals surface area contributed by atoms with E-state index in [1.165, 1.54) is 18.6 Å². The Labute approximate surface area is 163 Å². The minimum absolute atomic E-state index is 0.0215. The van der Waals surface area contributed by atoms with Crippen LogP contribution in [0.2, 0.25) is 0 Å². The van der Waals surface area contributed by atoms with E-state index in [2.05, 4.69) is 20.4 Å². The van der Waals surface area contributed by atoms with E-state index in [0.717, 1.165) is 31.7 Å². The first kappa shape index (κ1) is 18.5. The van der Waals surface area contributed by atoms with E-state index >= 15 is 0 Å². The van der Waals surface area contributed by atoms with Gasteiger partial charge in [0.25, 0.3) is 5.91 Å². The highest BCUT2D eigenvalue weighted by Crippen LogP contribution is 2.24. The van der Waals surface area contributed by atoms with Crippen molar-refractivity contribution in [2.75, 3.05) is 26.3 Å². The molecule has 0 bridgehead atoms. The second kappa shape index (κ2) is 8.47. The van der Waals surface area contributed by atoms with Gasteiger partial charge in [-0.2, -0.15) is 5.10 Å². The Morgan fingerprint density at radius 1 is 1.21 bits per heavy atom. The minimum Gasteiger partial charge on any atom is -0.381 e. The molecule has 0 aliphatic carbocycles. The Morgan fingerprint density at radius 3 is 2.86 bits per heavy atom. The van der Waals surface area contributed by atoms with Gasteiger partial charge in [-0.3, -0.25) is 19.3 Å². The molecule has 9 heteroatoms. The van der Waals surface area contributed by atoms with Gasteiger partial charge < -0.3 is 15.0 Å². The number of carbonyl (C=O) groups excluding carboxylic acids is 2. The van der Waals surface area contributed by atoms with Crippen molar-refractivity contribution in [3.63, 3.8) is 0 Å². The number of nitrogens with one attached hydrogen (secondary N) is 1. The number of aromatic nitrogens is 4. The van der Waals surface area contributed by atoms with Crippen LogP contribution >= 0.6 is 0 Å². The molecule has 148 valence electrons. The second-order valence-corrected chi connectivity index (χ2v) is 7.26. The van der Waals surface area contributed by atoms with Crippen LogP contribution in [0.25, 0.3) is 0 Å². The van der Waals surface area contributed by atoms with Gasteiger partial charge in [-0.15, -0.1) is 0 Å². The van der Waals surface area contributed by atoms with E-state index in [9.17, 15) is 9.59 Å². The van der Waals surface area contributed by atoms with Crippen LogP contribution in [-0.2, 0) is 16.1 Å². The summed E-state index contributed by atoms with van der Waals surface area (Å²) >= 11 is 0. The Hall–Kier alpha value is -2.81. The maximum Gasteiger partial charge on any atom is 0.274 e. The van der Waals surface area contributed by atoms with Gasteiger partial charge in [0.15, 0.2) is 0 Å². The zero-order valence-electron chi connectivity index (χ0n) is 15.7. The maximum absolute atomic E-state index is 12.8. The summed E-state index contributed by atoms with van der Waals surface area (Å²) in [7, 11) is 0. The number of nitrogens with zero attached hydrogens (tertiary/aromatic N) is 5. The third-order valence-corrected chi connectivity index (χ3v) is 5.30. The number of hydrogen-bond donors (Lipinski definition) is 1. The number of ether oxygens (including phenoxy) is 1. The quantitative estimate of drug-likeness (QED) is 0.818. The zero-order chi connectivity index (χ0) is 19.3. The van der Waals surface area contributed by atoms with Crippen LogP contribution in [0.1, 0.15) is 41.5 Å². The Balaban J connectivity index is 1.40. The first-order chi connectivity index (χ1) is 13.7. The predicted octanol–water partition coefficient (Wildman–Crippen LogP) is 0.803. The molecule has 1 atom stereocenters. The monoisotopic (exact) mass is 384 g/mol. The lowest BCUT2D eigenvalue weighted by atomic mass is 10.0. The summed E-state index contributed by atoms with van der Waals surface area (Å²) in [6.07, 6.45) is 8.45. The molecule has 0 aromatic carbocycles. The van der Waals surface area contributed by atoms with E-state index in [4.69, 9.17) is 4.74 Å². The molecule has 1 N–H and O–H groups in total. The standard InChI is InChI=1S/C19H24N6O3/c26-18(22-10-14-2-7-28-8-3-14)9-16-13-24(12-15-1-4-23-25(15)16)19(27)17-11-20-5-6-21-17/h1,4-6,11,14,16H,2-3,7-10,12-13H2,(H,22,26)/t16-/m1/s1. The number of amides is 2. The molecule has 0 spiro atoms. The summed E-state index contributed by atoms with van der Waals surface area (Å²) in [5.74, 6) is 0.263. The number of hydrogen-bond acceptors (Lipinski definition) is 6. The normalized spacial score (nSPS) is 19.9. The molecule has 0 radical (unpaired) electrons. The van der Waals surface area contributed by atoms with Gasteiger partial charge in [0, 0.05) is 44.9 Å². The Kier molecular flexibility index (Phi) is 5.61. The molecular formula is C19H24N6O3. The van der Waals surface area contributed by atoms with Crippen LogP contribution < -0.4 is 5.32 Å². The topological polar surface area (TPSA) is 102 Å². The lowest BCUT2D eigenvalue weighted by Crippen LogP contribution is -2.43. The van der Waals surface area contributed by atoms with Gasteiger partial charge in [0.1, 0.15) is 5.69 Å². The Bertz CT molecular complexity index is 818.